The van der Waals surface area contributed by atoms with E-state index in [-0.39, 0.29) is 5.92 Å². The number of fused-ring (bicyclic) bond motifs is 1. The molecule has 2 aromatic rings. The summed E-state index contributed by atoms with van der Waals surface area (Å²) >= 11 is 7.19. The van der Waals surface area contributed by atoms with E-state index < -0.39 is 17.9 Å². The lowest BCUT2D eigenvalue weighted by Gasteiger charge is -2.18. The molecule has 2 rings (SSSR count). The molecule has 1 heterocycles. The number of anilines is 1. The molecular weight excluding hydrogens is 310 g/mol. The van der Waals surface area contributed by atoms with E-state index in [9.17, 15) is 9.59 Å². The second kappa shape index (κ2) is 5.91. The first-order chi connectivity index (χ1) is 9.81. The Bertz CT molecular complexity index is 712. The van der Waals surface area contributed by atoms with Gasteiger partial charge in [0.1, 0.15) is 10.9 Å². The highest BCUT2D eigenvalue weighted by atomic mass is 35.5. The largest absolute Gasteiger partial charge is 0.397 e. The number of nitrogens with one attached hydrogen (secondary N) is 1. The quantitative estimate of drug-likeness (QED) is 0.804. The Morgan fingerprint density at radius 1 is 1.33 bits per heavy atom. The number of thiophene rings is 1. The topological polar surface area (TPSA) is 98.2 Å². The van der Waals surface area contributed by atoms with Crippen molar-refractivity contribution in [2.75, 3.05) is 5.73 Å². The van der Waals surface area contributed by atoms with Gasteiger partial charge in [-0.2, -0.15) is 0 Å². The van der Waals surface area contributed by atoms with Crippen LogP contribution in [0.15, 0.2) is 18.2 Å². The fourth-order valence-electron chi connectivity index (χ4n) is 2.03. The van der Waals surface area contributed by atoms with Gasteiger partial charge < -0.3 is 16.8 Å². The van der Waals surface area contributed by atoms with Gasteiger partial charge in [-0.05, 0) is 24.1 Å². The van der Waals surface area contributed by atoms with Crippen LogP contribution in [-0.2, 0) is 4.79 Å². The summed E-state index contributed by atoms with van der Waals surface area (Å²) in [6, 6.07) is 4.53. The second-order valence-corrected chi connectivity index (χ2v) is 6.57. The van der Waals surface area contributed by atoms with Crippen LogP contribution in [0.4, 0.5) is 5.69 Å². The summed E-state index contributed by atoms with van der Waals surface area (Å²) in [4.78, 5) is 24.0. The van der Waals surface area contributed by atoms with Crippen molar-refractivity contribution in [3.8, 4) is 0 Å². The molecule has 2 amide bonds. The van der Waals surface area contributed by atoms with Gasteiger partial charge in [0.05, 0.1) is 5.69 Å². The van der Waals surface area contributed by atoms with Crippen molar-refractivity contribution in [2.24, 2.45) is 11.7 Å². The zero-order chi connectivity index (χ0) is 15.7. The molecule has 112 valence electrons. The molecule has 0 aliphatic carbocycles. The summed E-state index contributed by atoms with van der Waals surface area (Å²) in [6.45, 7) is 3.62. The van der Waals surface area contributed by atoms with Crippen LogP contribution >= 0.6 is 22.9 Å². The summed E-state index contributed by atoms with van der Waals surface area (Å²) in [5.74, 6) is -1.07. The number of nitrogen functional groups attached to an aromatic ring is 1. The zero-order valence-corrected chi connectivity index (χ0v) is 13.2. The van der Waals surface area contributed by atoms with Crippen LogP contribution in [-0.4, -0.2) is 17.9 Å². The molecule has 1 unspecified atom stereocenters. The molecule has 1 aromatic heterocycles. The molecule has 0 radical (unpaired) electrons. The van der Waals surface area contributed by atoms with Crippen LogP contribution in [0.5, 0.6) is 0 Å². The number of carbonyl (C=O) groups excluding carboxylic acids is 2. The van der Waals surface area contributed by atoms with E-state index in [0.717, 1.165) is 10.1 Å². The Labute approximate surface area is 131 Å². The number of hydrogen-bond donors (Lipinski definition) is 3. The van der Waals surface area contributed by atoms with Gasteiger partial charge in [0.15, 0.2) is 0 Å². The molecule has 0 bridgehead atoms. The van der Waals surface area contributed by atoms with Crippen LogP contribution < -0.4 is 16.8 Å². The first-order valence-electron chi connectivity index (χ1n) is 6.39. The van der Waals surface area contributed by atoms with Gasteiger partial charge in [-0.15, -0.1) is 11.3 Å². The molecule has 7 heteroatoms. The molecule has 0 spiro atoms. The summed E-state index contributed by atoms with van der Waals surface area (Å²) in [6.07, 6.45) is 0. The Balaban J connectivity index is 2.35. The highest BCUT2D eigenvalue weighted by molar-refractivity contribution is 7.21. The Morgan fingerprint density at radius 2 is 2.00 bits per heavy atom. The minimum atomic E-state index is -0.731. The first-order valence-corrected chi connectivity index (χ1v) is 7.58. The van der Waals surface area contributed by atoms with Crippen LogP contribution in [0, 0.1) is 5.92 Å². The number of hydrogen-bond acceptors (Lipinski definition) is 4. The maximum Gasteiger partial charge on any atom is 0.264 e. The lowest BCUT2D eigenvalue weighted by Crippen LogP contribution is -2.47. The average molecular weight is 326 g/mol. The lowest BCUT2D eigenvalue weighted by molar-refractivity contribution is -0.120. The SMILES string of the molecule is CC(C)C(NC(=O)c1sc2ccc(Cl)cc2c1N)C(N)=O. The van der Waals surface area contributed by atoms with Crippen molar-refractivity contribution in [3.63, 3.8) is 0 Å². The van der Waals surface area contributed by atoms with E-state index in [4.69, 9.17) is 23.1 Å². The molecule has 5 N–H and O–H groups in total. The van der Waals surface area contributed by atoms with Gasteiger partial charge in [-0.3, -0.25) is 9.59 Å². The van der Waals surface area contributed by atoms with Crippen LogP contribution in [0.3, 0.4) is 0 Å². The minimum Gasteiger partial charge on any atom is -0.397 e. The third-order valence-corrected chi connectivity index (χ3v) is 4.57. The summed E-state index contributed by atoms with van der Waals surface area (Å²) in [5.41, 5.74) is 11.7. The van der Waals surface area contributed by atoms with E-state index in [1.54, 1.807) is 12.1 Å². The van der Waals surface area contributed by atoms with Gasteiger partial charge >= 0.3 is 0 Å². The molecule has 0 saturated carbocycles. The standard InChI is InChI=1S/C14H16ClN3O2S/c1-6(2)11(13(17)19)18-14(20)12-10(16)8-5-7(15)3-4-9(8)21-12/h3-6,11H,16H2,1-2H3,(H2,17,19)(H,18,20). The summed E-state index contributed by atoms with van der Waals surface area (Å²) < 4.78 is 0.863. The van der Waals surface area contributed by atoms with Gasteiger partial charge in [0, 0.05) is 15.1 Å². The highest BCUT2D eigenvalue weighted by Gasteiger charge is 2.24. The Kier molecular flexibility index (Phi) is 4.39. The second-order valence-electron chi connectivity index (χ2n) is 5.08. The molecule has 0 aliphatic rings. The van der Waals surface area contributed by atoms with Crippen LogP contribution in [0.2, 0.25) is 5.02 Å². The van der Waals surface area contributed by atoms with Crippen molar-refractivity contribution in [1.29, 1.82) is 0 Å². The van der Waals surface area contributed by atoms with Gasteiger partial charge in [-0.1, -0.05) is 25.4 Å². The number of amides is 2. The number of halogens is 1. The van der Waals surface area contributed by atoms with Crippen LogP contribution in [0.25, 0.3) is 10.1 Å². The molecule has 0 saturated heterocycles. The number of rotatable bonds is 4. The number of nitrogens with two attached hydrogens (primary N) is 2. The fraction of sp³-hybridized carbons (Fsp3) is 0.286. The van der Waals surface area contributed by atoms with E-state index >= 15 is 0 Å². The maximum absolute atomic E-state index is 12.3. The minimum absolute atomic E-state index is 0.100. The smallest absolute Gasteiger partial charge is 0.264 e. The van der Waals surface area contributed by atoms with E-state index in [1.165, 1.54) is 11.3 Å². The zero-order valence-electron chi connectivity index (χ0n) is 11.6. The predicted octanol–water partition coefficient (Wildman–Crippen LogP) is 2.38. The highest BCUT2D eigenvalue weighted by Crippen LogP contribution is 2.35. The van der Waals surface area contributed by atoms with E-state index in [0.29, 0.717) is 15.6 Å². The number of primary amides is 1. The average Bonchev–Trinajstić information content (AvgIpc) is 2.72. The third kappa shape index (κ3) is 3.11. The fourth-order valence-corrected chi connectivity index (χ4v) is 3.21. The first kappa shape index (κ1) is 15.6. The summed E-state index contributed by atoms with van der Waals surface area (Å²) in [7, 11) is 0. The molecule has 0 aliphatic heterocycles. The summed E-state index contributed by atoms with van der Waals surface area (Å²) in [5, 5.41) is 3.92. The third-order valence-electron chi connectivity index (χ3n) is 3.15. The Hall–Kier alpha value is -1.79. The van der Waals surface area contributed by atoms with Crippen molar-refractivity contribution < 1.29 is 9.59 Å². The number of benzene rings is 1. The van der Waals surface area contributed by atoms with Gasteiger partial charge in [-0.25, -0.2) is 0 Å². The van der Waals surface area contributed by atoms with Crippen molar-refractivity contribution in [2.45, 2.75) is 19.9 Å². The monoisotopic (exact) mass is 325 g/mol. The molecular formula is C14H16ClN3O2S. The number of carbonyl (C=O) groups is 2. The lowest BCUT2D eigenvalue weighted by atomic mass is 10.0. The van der Waals surface area contributed by atoms with Gasteiger partial charge in [0.2, 0.25) is 5.91 Å². The van der Waals surface area contributed by atoms with Crippen molar-refractivity contribution >= 4 is 50.5 Å². The van der Waals surface area contributed by atoms with Crippen LogP contribution in [0.1, 0.15) is 23.5 Å². The molecule has 5 nitrogen and oxygen atoms in total. The molecule has 1 aromatic carbocycles. The van der Waals surface area contributed by atoms with Gasteiger partial charge in [0.25, 0.3) is 5.91 Å². The normalized spacial score (nSPS) is 12.6. The van der Waals surface area contributed by atoms with E-state index in [2.05, 4.69) is 5.32 Å². The predicted molar refractivity (Wildman–Crippen MR) is 86.5 cm³/mol. The molecule has 21 heavy (non-hydrogen) atoms. The maximum atomic E-state index is 12.3. The van der Waals surface area contributed by atoms with Crippen molar-refractivity contribution in [3.05, 3.63) is 28.1 Å². The Morgan fingerprint density at radius 3 is 2.57 bits per heavy atom. The molecule has 1 atom stereocenters. The van der Waals surface area contributed by atoms with Crippen molar-refractivity contribution in [1.82, 2.24) is 5.32 Å². The molecule has 0 fully saturated rings. The van der Waals surface area contributed by atoms with E-state index in [1.807, 2.05) is 19.9 Å².